The van der Waals surface area contributed by atoms with Crippen LogP contribution in [0.15, 0.2) is 18.2 Å². The number of rotatable bonds is 4. The summed E-state index contributed by atoms with van der Waals surface area (Å²) in [7, 11) is 0. The Morgan fingerprint density at radius 1 is 1.10 bits per heavy atom. The zero-order valence-electron chi connectivity index (χ0n) is 12.0. The van der Waals surface area contributed by atoms with Crippen LogP contribution in [0.2, 0.25) is 0 Å². The number of benzene rings is 1. The van der Waals surface area contributed by atoms with Gasteiger partial charge in [-0.2, -0.15) is 0 Å². The highest BCUT2D eigenvalue weighted by Crippen LogP contribution is 2.23. The molecule has 0 amide bonds. The summed E-state index contributed by atoms with van der Waals surface area (Å²) in [4.78, 5) is 4.48. The van der Waals surface area contributed by atoms with Crippen LogP contribution < -0.4 is 0 Å². The molecule has 0 radical (unpaired) electrons. The molecule has 0 saturated carbocycles. The standard InChI is InChI=1S/C15H22F2N2O/c1-11(20)10-18-5-7-19(8-6-18)12(2)13-3-4-14(16)15(17)9-13/h3-4,9,11-12,20H,5-8,10H2,1-2H3/t11-,12-/m0/s1. The first-order valence-electron chi connectivity index (χ1n) is 7.07. The Balaban J connectivity index is 1.94. The Labute approximate surface area is 118 Å². The molecule has 1 aliphatic heterocycles. The van der Waals surface area contributed by atoms with Gasteiger partial charge < -0.3 is 5.11 Å². The number of piperazine rings is 1. The maximum Gasteiger partial charge on any atom is 0.159 e. The second kappa shape index (κ2) is 6.61. The molecular weight excluding hydrogens is 262 g/mol. The van der Waals surface area contributed by atoms with Gasteiger partial charge in [-0.3, -0.25) is 9.80 Å². The molecular formula is C15H22F2N2O. The van der Waals surface area contributed by atoms with Crippen molar-refractivity contribution in [3.63, 3.8) is 0 Å². The van der Waals surface area contributed by atoms with Crippen LogP contribution in [0.25, 0.3) is 0 Å². The smallest absolute Gasteiger partial charge is 0.159 e. The van der Waals surface area contributed by atoms with Crippen LogP contribution in [0.1, 0.15) is 25.5 Å². The maximum atomic E-state index is 13.3. The first-order valence-corrected chi connectivity index (χ1v) is 7.07. The molecule has 1 fully saturated rings. The number of hydrogen-bond acceptors (Lipinski definition) is 3. The maximum absolute atomic E-state index is 13.3. The van der Waals surface area contributed by atoms with Crippen LogP contribution in [-0.4, -0.2) is 53.7 Å². The summed E-state index contributed by atoms with van der Waals surface area (Å²) in [5.41, 5.74) is 0.799. The van der Waals surface area contributed by atoms with Crippen LogP contribution in [0, 0.1) is 11.6 Å². The Morgan fingerprint density at radius 2 is 1.75 bits per heavy atom. The van der Waals surface area contributed by atoms with Crippen LogP contribution in [0.3, 0.4) is 0 Å². The van der Waals surface area contributed by atoms with E-state index in [1.807, 2.05) is 6.92 Å². The summed E-state index contributed by atoms with van der Waals surface area (Å²) in [6.07, 6.45) is -0.315. The lowest BCUT2D eigenvalue weighted by molar-refractivity contribution is 0.0654. The Kier molecular flexibility index (Phi) is 5.07. The van der Waals surface area contributed by atoms with Crippen molar-refractivity contribution in [2.24, 2.45) is 0 Å². The SMILES string of the molecule is C[C@H](O)CN1CCN([C@@H](C)c2ccc(F)c(F)c2)CC1. The van der Waals surface area contributed by atoms with E-state index in [9.17, 15) is 13.9 Å². The number of β-amino-alcohol motifs (C(OH)–C–C–N with tert-alkyl or cyclic N) is 1. The minimum absolute atomic E-state index is 0.0683. The van der Waals surface area contributed by atoms with Gasteiger partial charge in [-0.05, 0) is 31.5 Å². The third-order valence-electron chi connectivity index (χ3n) is 3.90. The van der Waals surface area contributed by atoms with Gasteiger partial charge in [-0.15, -0.1) is 0 Å². The average molecular weight is 284 g/mol. The van der Waals surface area contributed by atoms with Crippen molar-refractivity contribution in [3.05, 3.63) is 35.4 Å². The molecule has 1 heterocycles. The van der Waals surface area contributed by atoms with Gasteiger partial charge in [0.05, 0.1) is 6.10 Å². The Morgan fingerprint density at radius 3 is 2.30 bits per heavy atom. The third-order valence-corrected chi connectivity index (χ3v) is 3.90. The summed E-state index contributed by atoms with van der Waals surface area (Å²) in [5.74, 6) is -1.59. The summed E-state index contributed by atoms with van der Waals surface area (Å²) < 4.78 is 26.2. The molecule has 0 bridgehead atoms. The highest BCUT2D eigenvalue weighted by atomic mass is 19.2. The van der Waals surface area contributed by atoms with Crippen LogP contribution in [0.5, 0.6) is 0 Å². The minimum Gasteiger partial charge on any atom is -0.392 e. The molecule has 0 unspecified atom stereocenters. The molecule has 0 aromatic heterocycles. The van der Waals surface area contributed by atoms with Gasteiger partial charge in [-0.25, -0.2) is 8.78 Å². The molecule has 2 rings (SSSR count). The highest BCUT2D eigenvalue weighted by molar-refractivity contribution is 5.21. The fraction of sp³-hybridized carbons (Fsp3) is 0.600. The van der Waals surface area contributed by atoms with Crippen molar-refractivity contribution in [2.75, 3.05) is 32.7 Å². The van der Waals surface area contributed by atoms with Gasteiger partial charge in [0, 0.05) is 38.8 Å². The zero-order valence-corrected chi connectivity index (χ0v) is 12.0. The van der Waals surface area contributed by atoms with Crippen molar-refractivity contribution in [3.8, 4) is 0 Å². The second-order valence-electron chi connectivity index (χ2n) is 5.54. The lowest BCUT2D eigenvalue weighted by atomic mass is 10.1. The normalized spacial score (nSPS) is 20.9. The first-order chi connectivity index (χ1) is 9.47. The molecule has 112 valence electrons. The summed E-state index contributed by atoms with van der Waals surface area (Å²) >= 11 is 0. The van der Waals surface area contributed by atoms with Gasteiger partial charge in [0.25, 0.3) is 0 Å². The fourth-order valence-electron chi connectivity index (χ4n) is 2.69. The average Bonchev–Trinajstić information content (AvgIpc) is 2.41. The number of hydrogen-bond donors (Lipinski definition) is 1. The molecule has 1 aromatic carbocycles. The van der Waals surface area contributed by atoms with E-state index in [1.165, 1.54) is 12.1 Å². The van der Waals surface area contributed by atoms with Crippen molar-refractivity contribution in [1.29, 1.82) is 0 Å². The highest BCUT2D eigenvalue weighted by Gasteiger charge is 2.23. The number of aliphatic hydroxyl groups is 1. The first kappa shape index (κ1) is 15.4. The van der Waals surface area contributed by atoms with E-state index in [0.29, 0.717) is 6.54 Å². The number of halogens is 2. The van der Waals surface area contributed by atoms with E-state index < -0.39 is 11.6 Å². The topological polar surface area (TPSA) is 26.7 Å². The molecule has 5 heteroatoms. The molecule has 3 nitrogen and oxygen atoms in total. The van der Waals surface area contributed by atoms with Crippen LogP contribution in [-0.2, 0) is 0 Å². The Bertz CT molecular complexity index is 445. The predicted molar refractivity (Wildman–Crippen MR) is 74.5 cm³/mol. The molecule has 0 spiro atoms. The van der Waals surface area contributed by atoms with E-state index in [1.54, 1.807) is 13.0 Å². The Hall–Kier alpha value is -1.04. The fourth-order valence-corrected chi connectivity index (χ4v) is 2.69. The van der Waals surface area contributed by atoms with E-state index in [2.05, 4.69) is 9.80 Å². The van der Waals surface area contributed by atoms with Gasteiger partial charge in [0.15, 0.2) is 11.6 Å². The number of aliphatic hydroxyl groups excluding tert-OH is 1. The van der Waals surface area contributed by atoms with E-state index >= 15 is 0 Å². The molecule has 2 atom stereocenters. The monoisotopic (exact) mass is 284 g/mol. The molecule has 1 saturated heterocycles. The van der Waals surface area contributed by atoms with Crippen molar-refractivity contribution in [2.45, 2.75) is 26.0 Å². The van der Waals surface area contributed by atoms with Crippen molar-refractivity contribution < 1.29 is 13.9 Å². The van der Waals surface area contributed by atoms with Gasteiger partial charge in [-0.1, -0.05) is 6.07 Å². The van der Waals surface area contributed by atoms with E-state index in [0.717, 1.165) is 31.7 Å². The van der Waals surface area contributed by atoms with Crippen LogP contribution >= 0.6 is 0 Å². The minimum atomic E-state index is -0.803. The van der Waals surface area contributed by atoms with Crippen LogP contribution in [0.4, 0.5) is 8.78 Å². The lowest BCUT2D eigenvalue weighted by Crippen LogP contribution is -2.48. The third kappa shape index (κ3) is 3.75. The van der Waals surface area contributed by atoms with Crippen molar-refractivity contribution in [1.82, 2.24) is 9.80 Å². The molecule has 1 aromatic rings. The summed E-state index contributed by atoms with van der Waals surface area (Å²) in [5, 5.41) is 9.38. The second-order valence-corrected chi connectivity index (χ2v) is 5.54. The van der Waals surface area contributed by atoms with Gasteiger partial charge >= 0.3 is 0 Å². The summed E-state index contributed by atoms with van der Waals surface area (Å²) in [6, 6.07) is 4.18. The summed E-state index contributed by atoms with van der Waals surface area (Å²) in [6.45, 7) is 8.00. The largest absolute Gasteiger partial charge is 0.392 e. The number of nitrogens with zero attached hydrogens (tertiary/aromatic N) is 2. The van der Waals surface area contributed by atoms with Gasteiger partial charge in [0.2, 0.25) is 0 Å². The quantitative estimate of drug-likeness (QED) is 0.916. The zero-order chi connectivity index (χ0) is 14.7. The van der Waals surface area contributed by atoms with E-state index in [4.69, 9.17) is 0 Å². The molecule has 20 heavy (non-hydrogen) atoms. The predicted octanol–water partition coefficient (Wildman–Crippen LogP) is 2.02. The van der Waals surface area contributed by atoms with Gasteiger partial charge in [0.1, 0.15) is 0 Å². The molecule has 0 aliphatic carbocycles. The lowest BCUT2D eigenvalue weighted by Gasteiger charge is -2.38. The van der Waals surface area contributed by atoms with Crippen molar-refractivity contribution >= 4 is 0 Å². The van der Waals surface area contributed by atoms with E-state index in [-0.39, 0.29) is 12.1 Å². The molecule has 1 aliphatic rings. The molecule has 1 N–H and O–H groups in total.